The number of rotatable bonds is 19. The number of benzene rings is 2. The molecule has 6 amide bonds. The van der Waals surface area contributed by atoms with Gasteiger partial charge in [0.2, 0.25) is 11.8 Å². The highest BCUT2D eigenvalue weighted by Crippen LogP contribution is 2.32. The topological polar surface area (TPSA) is 191 Å². The molecule has 1 unspecified atom stereocenters. The maximum Gasteiger partial charge on any atom is 0.411 e. The van der Waals surface area contributed by atoms with Crippen molar-refractivity contribution in [2.45, 2.75) is 38.6 Å². The van der Waals surface area contributed by atoms with Crippen LogP contribution in [0.25, 0.3) is 0 Å². The van der Waals surface area contributed by atoms with Crippen LogP contribution in [-0.4, -0.2) is 106 Å². The van der Waals surface area contributed by atoms with Crippen molar-refractivity contribution in [3.05, 3.63) is 59.2 Å². The Balaban J connectivity index is 1.02. The summed E-state index contributed by atoms with van der Waals surface area (Å²) in [6, 6.07) is 10.3. The molecule has 1 fully saturated rings. The number of unbranched alkanes of at least 4 members (excludes halogenated alkanes) is 1. The number of fused-ring (bicyclic) bond motifs is 1. The number of imide groups is 2. The molecule has 1 saturated heterocycles. The molecule has 15 nitrogen and oxygen atoms in total. The lowest BCUT2D eigenvalue weighted by molar-refractivity contribution is -0.136. The Bertz CT molecular complexity index is 1470. The van der Waals surface area contributed by atoms with Crippen molar-refractivity contribution >= 4 is 47.0 Å². The molecule has 2 aromatic rings. The van der Waals surface area contributed by atoms with Crippen LogP contribution >= 0.6 is 0 Å². The van der Waals surface area contributed by atoms with E-state index in [-0.39, 0.29) is 29.9 Å². The zero-order valence-electron chi connectivity index (χ0n) is 26.8. The van der Waals surface area contributed by atoms with Gasteiger partial charge in [0, 0.05) is 36.4 Å². The molecule has 0 spiro atoms. The number of piperidine rings is 1. The highest BCUT2D eigenvalue weighted by molar-refractivity contribution is 6.25. The zero-order chi connectivity index (χ0) is 34.3. The number of hydrogen-bond donors (Lipinski definition) is 4. The molecule has 2 aromatic carbocycles. The molecule has 4 rings (SSSR count). The molecule has 0 aromatic heterocycles. The molecule has 2 aliphatic rings. The van der Waals surface area contributed by atoms with Crippen LogP contribution in [0.1, 0.15) is 63.7 Å². The predicted octanol–water partition coefficient (Wildman–Crippen LogP) is 2.33. The van der Waals surface area contributed by atoms with E-state index in [1.165, 1.54) is 6.07 Å². The number of carbonyl (C=O) groups excluding carboxylic acids is 6. The van der Waals surface area contributed by atoms with E-state index < -0.39 is 35.8 Å². The Morgan fingerprint density at radius 1 is 0.854 bits per heavy atom. The lowest BCUT2D eigenvalue weighted by Crippen LogP contribution is -2.54. The van der Waals surface area contributed by atoms with Crippen molar-refractivity contribution in [3.63, 3.8) is 0 Å². The molecule has 2 heterocycles. The third kappa shape index (κ3) is 10.1. The number of nitrogens with zero attached hydrogens (tertiary/aromatic N) is 1. The lowest BCUT2D eigenvalue weighted by Gasteiger charge is -2.27. The highest BCUT2D eigenvalue weighted by atomic mass is 16.6. The number of carbonyl (C=O) groups is 6. The van der Waals surface area contributed by atoms with Gasteiger partial charge in [0.05, 0.1) is 57.4 Å². The summed E-state index contributed by atoms with van der Waals surface area (Å²) < 4.78 is 21.6. The first-order valence-corrected chi connectivity index (χ1v) is 15.9. The Morgan fingerprint density at radius 3 is 2.23 bits per heavy atom. The molecule has 258 valence electrons. The van der Waals surface area contributed by atoms with Gasteiger partial charge in [0.15, 0.2) is 0 Å². The number of ether oxygens (including phenoxy) is 4. The van der Waals surface area contributed by atoms with Gasteiger partial charge in [-0.05, 0) is 49.2 Å². The summed E-state index contributed by atoms with van der Waals surface area (Å²) >= 11 is 0. The molecule has 0 saturated carbocycles. The molecule has 2 aliphatic heterocycles. The average molecular weight is 668 g/mol. The van der Waals surface area contributed by atoms with E-state index in [2.05, 4.69) is 21.3 Å². The molecule has 0 radical (unpaired) electrons. The first-order valence-electron chi connectivity index (χ1n) is 15.9. The Morgan fingerprint density at radius 2 is 1.54 bits per heavy atom. The summed E-state index contributed by atoms with van der Waals surface area (Å²) in [6.45, 7) is 5.03. The molecule has 15 heteroatoms. The summed E-state index contributed by atoms with van der Waals surface area (Å²) in [5.74, 6) is -2.48. The van der Waals surface area contributed by atoms with Crippen LogP contribution in [0.15, 0.2) is 42.5 Å². The molecular weight excluding hydrogens is 626 g/mol. The van der Waals surface area contributed by atoms with Crippen LogP contribution in [0.2, 0.25) is 0 Å². The summed E-state index contributed by atoms with van der Waals surface area (Å²) in [6.07, 6.45) is 1.35. The quantitative estimate of drug-likeness (QED) is 0.127. The Kier molecular flexibility index (Phi) is 13.8. The number of nitrogens with one attached hydrogen (secondary N) is 4. The van der Waals surface area contributed by atoms with E-state index in [0.29, 0.717) is 76.3 Å². The van der Waals surface area contributed by atoms with Gasteiger partial charge in [-0.1, -0.05) is 19.4 Å². The molecule has 4 N–H and O–H groups in total. The van der Waals surface area contributed by atoms with Gasteiger partial charge in [0.1, 0.15) is 6.04 Å². The normalized spacial score (nSPS) is 15.6. The van der Waals surface area contributed by atoms with Crippen LogP contribution in [0, 0.1) is 0 Å². The molecule has 0 aliphatic carbocycles. The minimum Gasteiger partial charge on any atom is -0.449 e. The number of hydrogen-bond acceptors (Lipinski definition) is 11. The van der Waals surface area contributed by atoms with Crippen molar-refractivity contribution in [2.75, 3.05) is 70.0 Å². The summed E-state index contributed by atoms with van der Waals surface area (Å²) in [7, 11) is 0. The Hall–Kier alpha value is -4.86. The monoisotopic (exact) mass is 667 g/mol. The first-order chi connectivity index (χ1) is 23.3. The number of anilines is 2. The summed E-state index contributed by atoms with van der Waals surface area (Å²) in [5.41, 5.74) is 1.84. The second-order valence-electron chi connectivity index (χ2n) is 10.9. The zero-order valence-corrected chi connectivity index (χ0v) is 26.8. The van der Waals surface area contributed by atoms with E-state index in [9.17, 15) is 28.8 Å². The predicted molar refractivity (Wildman–Crippen MR) is 173 cm³/mol. The summed E-state index contributed by atoms with van der Waals surface area (Å²) in [5, 5.41) is 10.7. The van der Waals surface area contributed by atoms with Crippen LogP contribution < -0.4 is 21.3 Å². The van der Waals surface area contributed by atoms with Crippen molar-refractivity contribution < 1.29 is 47.7 Å². The molecule has 1 atom stereocenters. The van der Waals surface area contributed by atoms with E-state index in [1.807, 2.05) is 6.92 Å². The van der Waals surface area contributed by atoms with Crippen LogP contribution in [0.5, 0.6) is 0 Å². The fourth-order valence-corrected chi connectivity index (χ4v) is 4.97. The van der Waals surface area contributed by atoms with Crippen molar-refractivity contribution in [1.82, 2.24) is 15.5 Å². The fraction of sp³-hybridized carbons (Fsp3) is 0.455. The maximum absolute atomic E-state index is 13.1. The lowest BCUT2D eigenvalue weighted by atomic mass is 10.0. The second-order valence-corrected chi connectivity index (χ2v) is 10.9. The minimum atomic E-state index is -1.02. The van der Waals surface area contributed by atoms with Gasteiger partial charge < -0.3 is 29.6 Å². The van der Waals surface area contributed by atoms with Crippen LogP contribution in [0.4, 0.5) is 16.2 Å². The average Bonchev–Trinajstić information content (AvgIpc) is 3.33. The van der Waals surface area contributed by atoms with Gasteiger partial charge in [0.25, 0.3) is 17.7 Å². The smallest absolute Gasteiger partial charge is 0.411 e. The van der Waals surface area contributed by atoms with E-state index in [0.717, 1.165) is 17.7 Å². The van der Waals surface area contributed by atoms with Gasteiger partial charge in [-0.15, -0.1) is 0 Å². The third-order valence-electron chi connectivity index (χ3n) is 7.43. The fourth-order valence-electron chi connectivity index (χ4n) is 4.97. The van der Waals surface area contributed by atoms with Gasteiger partial charge >= 0.3 is 6.09 Å². The molecular formula is C33H41N5O10. The van der Waals surface area contributed by atoms with Crippen molar-refractivity contribution in [3.8, 4) is 0 Å². The van der Waals surface area contributed by atoms with Gasteiger partial charge in [-0.3, -0.25) is 39.5 Å². The van der Waals surface area contributed by atoms with Crippen molar-refractivity contribution in [1.29, 1.82) is 0 Å². The van der Waals surface area contributed by atoms with Crippen LogP contribution in [0.3, 0.4) is 0 Å². The molecule has 0 bridgehead atoms. The largest absolute Gasteiger partial charge is 0.449 e. The van der Waals surface area contributed by atoms with Gasteiger partial charge in [-0.25, -0.2) is 4.79 Å². The van der Waals surface area contributed by atoms with Gasteiger partial charge in [-0.2, -0.15) is 0 Å². The number of amides is 6. The SMILES string of the molecule is CCCCOC(=O)Nc1ccc(C(=O)NCCOCCOCCOCCNc2cccc3c2C(=O)N(C2CCC(=O)NC2=O)C3=O)cc1. The summed E-state index contributed by atoms with van der Waals surface area (Å²) in [4.78, 5) is 74.8. The van der Waals surface area contributed by atoms with E-state index in [1.54, 1.807) is 36.4 Å². The standard InChI is InChI=1S/C33H41N5O10/c1-2-3-15-48-33(44)36-23-9-7-22(8-10-23)29(40)35-14-17-46-19-21-47-20-18-45-16-13-34-25-6-4-5-24-28(25)32(43)38(31(24)42)26-11-12-27(39)37-30(26)41/h4-10,26,34H,2-3,11-21H2,1H3,(H,35,40)(H,36,44)(H,37,39,41). The maximum atomic E-state index is 13.1. The van der Waals surface area contributed by atoms with E-state index >= 15 is 0 Å². The van der Waals surface area contributed by atoms with Crippen LogP contribution in [-0.2, 0) is 28.5 Å². The first kappa shape index (κ1) is 36.0. The molecule has 48 heavy (non-hydrogen) atoms. The van der Waals surface area contributed by atoms with Crippen molar-refractivity contribution in [2.24, 2.45) is 0 Å². The minimum absolute atomic E-state index is 0.0561. The third-order valence-corrected chi connectivity index (χ3v) is 7.43. The highest BCUT2D eigenvalue weighted by Gasteiger charge is 2.45. The second kappa shape index (κ2) is 18.5. The van der Waals surface area contributed by atoms with E-state index in [4.69, 9.17) is 18.9 Å². The Labute approximate surface area is 278 Å².